The average molecular weight is 465 g/mol. The first-order valence-corrected chi connectivity index (χ1v) is 12.7. The Bertz CT molecular complexity index is 1140. The summed E-state index contributed by atoms with van der Waals surface area (Å²) in [5.41, 5.74) is 1.02. The van der Waals surface area contributed by atoms with Gasteiger partial charge in [0.15, 0.2) is 0 Å². The minimum atomic E-state index is 0.150. The van der Waals surface area contributed by atoms with Gasteiger partial charge in [-0.05, 0) is 49.8 Å². The molecule has 2 aliphatic rings. The highest BCUT2D eigenvalue weighted by Gasteiger charge is 2.30. The zero-order valence-corrected chi connectivity index (χ0v) is 20.7. The largest absolute Gasteiger partial charge is 0.353 e. The Hall–Kier alpha value is -2.74. The Kier molecular flexibility index (Phi) is 5.95. The minimum absolute atomic E-state index is 0.150. The molecular weight excluding hydrogens is 432 g/mol. The highest BCUT2D eigenvalue weighted by atomic mass is 32.1. The number of aromatic nitrogens is 3. The van der Waals surface area contributed by atoms with Crippen LogP contribution in [0.2, 0.25) is 0 Å². The van der Waals surface area contributed by atoms with Crippen LogP contribution >= 0.6 is 11.3 Å². The Labute approximate surface area is 199 Å². The average Bonchev–Trinajstić information content (AvgIpc) is 3.14. The fourth-order valence-electron chi connectivity index (χ4n) is 5.31. The summed E-state index contributed by atoms with van der Waals surface area (Å²) in [6, 6.07) is 6.04. The zero-order valence-electron chi connectivity index (χ0n) is 19.9. The molecule has 0 bridgehead atoms. The van der Waals surface area contributed by atoms with Crippen molar-refractivity contribution in [2.75, 3.05) is 49.1 Å². The van der Waals surface area contributed by atoms with Crippen molar-refractivity contribution in [3.8, 4) is 0 Å². The molecule has 33 heavy (non-hydrogen) atoms. The molecular formula is C25H32N6OS. The van der Waals surface area contributed by atoms with Gasteiger partial charge in [-0.3, -0.25) is 4.79 Å². The van der Waals surface area contributed by atoms with E-state index in [9.17, 15) is 4.79 Å². The number of thiophene rings is 1. The van der Waals surface area contributed by atoms with Gasteiger partial charge in [-0.25, -0.2) is 15.0 Å². The summed E-state index contributed by atoms with van der Waals surface area (Å²) in [5.74, 6) is 3.97. The fourth-order valence-corrected chi connectivity index (χ4v) is 6.50. The van der Waals surface area contributed by atoms with Gasteiger partial charge in [0.1, 0.15) is 22.3 Å². The van der Waals surface area contributed by atoms with Crippen molar-refractivity contribution in [2.45, 2.75) is 34.1 Å². The number of amides is 1. The Balaban J connectivity index is 1.43. The second-order valence-electron chi connectivity index (χ2n) is 9.65. The van der Waals surface area contributed by atoms with E-state index in [-0.39, 0.29) is 5.91 Å². The van der Waals surface area contributed by atoms with Gasteiger partial charge in [-0.2, -0.15) is 0 Å². The van der Waals surface area contributed by atoms with E-state index >= 15 is 0 Å². The summed E-state index contributed by atoms with van der Waals surface area (Å²) in [4.78, 5) is 36.0. The van der Waals surface area contributed by atoms with Crippen molar-refractivity contribution in [1.29, 1.82) is 0 Å². The maximum absolute atomic E-state index is 13.5. The van der Waals surface area contributed by atoms with Crippen molar-refractivity contribution in [1.82, 2.24) is 19.9 Å². The lowest BCUT2D eigenvalue weighted by Gasteiger charge is -2.36. The predicted octanol–water partition coefficient (Wildman–Crippen LogP) is 4.15. The molecule has 0 radical (unpaired) electrons. The van der Waals surface area contributed by atoms with Crippen molar-refractivity contribution < 1.29 is 4.79 Å². The van der Waals surface area contributed by atoms with E-state index in [1.54, 1.807) is 0 Å². The van der Waals surface area contributed by atoms with Gasteiger partial charge in [-0.15, -0.1) is 11.3 Å². The van der Waals surface area contributed by atoms with Crippen molar-refractivity contribution in [2.24, 2.45) is 11.8 Å². The highest BCUT2D eigenvalue weighted by Crippen LogP contribution is 2.37. The number of pyridine rings is 1. The van der Waals surface area contributed by atoms with Crippen LogP contribution in [0.1, 0.15) is 41.3 Å². The number of hydrogen-bond donors (Lipinski definition) is 0. The molecule has 2 fully saturated rings. The summed E-state index contributed by atoms with van der Waals surface area (Å²) in [7, 11) is 0. The lowest BCUT2D eigenvalue weighted by Crippen LogP contribution is -2.47. The highest BCUT2D eigenvalue weighted by molar-refractivity contribution is 7.20. The summed E-state index contributed by atoms with van der Waals surface area (Å²) < 4.78 is 0. The molecule has 8 heteroatoms. The maximum atomic E-state index is 13.5. The van der Waals surface area contributed by atoms with Crippen LogP contribution in [0.25, 0.3) is 10.2 Å². The van der Waals surface area contributed by atoms with Crippen LogP contribution in [0.3, 0.4) is 0 Å². The standard InChI is InChI=1S/C25H32N6OS/c1-16-13-17(2)15-31(14-16)25(32)22-18(3)21-23(27-19(4)28-24(21)33-22)30-11-9-29(10-12-30)20-7-5-6-8-26-20/h5-8,16-17H,9-15H2,1-4H3. The first-order valence-electron chi connectivity index (χ1n) is 11.9. The molecule has 0 aromatic carbocycles. The van der Waals surface area contributed by atoms with Gasteiger partial charge in [0.2, 0.25) is 0 Å². The predicted molar refractivity (Wildman–Crippen MR) is 134 cm³/mol. The number of fused-ring (bicyclic) bond motifs is 1. The third kappa shape index (κ3) is 4.28. The van der Waals surface area contributed by atoms with Gasteiger partial charge in [-0.1, -0.05) is 19.9 Å². The van der Waals surface area contributed by atoms with Crippen LogP contribution in [-0.4, -0.2) is 65.0 Å². The molecule has 0 aliphatic carbocycles. The van der Waals surface area contributed by atoms with Crippen molar-refractivity contribution >= 4 is 39.1 Å². The van der Waals surface area contributed by atoms with Crippen LogP contribution in [0.15, 0.2) is 24.4 Å². The second-order valence-corrected chi connectivity index (χ2v) is 10.6. The lowest BCUT2D eigenvalue weighted by atomic mass is 9.92. The number of carbonyl (C=O) groups is 1. The number of carbonyl (C=O) groups excluding carboxylic acids is 1. The molecule has 0 N–H and O–H groups in total. The van der Waals surface area contributed by atoms with Crippen molar-refractivity contribution in [3.63, 3.8) is 0 Å². The van der Waals surface area contributed by atoms with Crippen LogP contribution in [0.5, 0.6) is 0 Å². The van der Waals surface area contributed by atoms with E-state index in [4.69, 9.17) is 9.97 Å². The Morgan fingerprint density at radius 1 is 1.00 bits per heavy atom. The van der Waals surface area contributed by atoms with Crippen LogP contribution < -0.4 is 9.80 Å². The summed E-state index contributed by atoms with van der Waals surface area (Å²) in [5, 5.41) is 1.04. The maximum Gasteiger partial charge on any atom is 0.264 e. The number of likely N-dealkylation sites (tertiary alicyclic amines) is 1. The fraction of sp³-hybridized carbons (Fsp3) is 0.520. The van der Waals surface area contributed by atoms with Crippen LogP contribution in [0.4, 0.5) is 11.6 Å². The van der Waals surface area contributed by atoms with Gasteiger partial charge < -0.3 is 14.7 Å². The molecule has 5 heterocycles. The molecule has 7 nitrogen and oxygen atoms in total. The number of piperazine rings is 1. The number of nitrogens with zero attached hydrogens (tertiary/aromatic N) is 6. The minimum Gasteiger partial charge on any atom is -0.353 e. The molecule has 2 aliphatic heterocycles. The topological polar surface area (TPSA) is 65.5 Å². The molecule has 2 atom stereocenters. The van der Waals surface area contributed by atoms with E-state index < -0.39 is 0 Å². The van der Waals surface area contributed by atoms with Gasteiger partial charge >= 0.3 is 0 Å². The molecule has 3 aromatic heterocycles. The molecule has 3 aromatic rings. The zero-order chi connectivity index (χ0) is 23.1. The number of anilines is 2. The van der Waals surface area contributed by atoms with Gasteiger partial charge in [0, 0.05) is 45.5 Å². The third-order valence-corrected chi connectivity index (χ3v) is 7.96. The lowest BCUT2D eigenvalue weighted by molar-refractivity contribution is 0.0627. The molecule has 5 rings (SSSR count). The van der Waals surface area contributed by atoms with E-state index in [2.05, 4.69) is 41.6 Å². The molecule has 174 valence electrons. The smallest absolute Gasteiger partial charge is 0.264 e. The van der Waals surface area contributed by atoms with E-state index in [0.29, 0.717) is 11.8 Å². The van der Waals surface area contributed by atoms with Crippen LogP contribution in [-0.2, 0) is 0 Å². The first-order chi connectivity index (χ1) is 15.9. The quantitative estimate of drug-likeness (QED) is 0.580. The molecule has 2 saturated heterocycles. The first kappa shape index (κ1) is 22.1. The van der Waals surface area contributed by atoms with E-state index in [1.807, 2.05) is 30.2 Å². The van der Waals surface area contributed by atoms with Gasteiger partial charge in [0.25, 0.3) is 5.91 Å². The van der Waals surface area contributed by atoms with Crippen molar-refractivity contribution in [3.05, 3.63) is 40.7 Å². The molecule has 0 spiro atoms. The van der Waals surface area contributed by atoms with E-state index in [0.717, 1.165) is 77.4 Å². The Morgan fingerprint density at radius 3 is 2.36 bits per heavy atom. The second kappa shape index (κ2) is 8.89. The third-order valence-electron chi connectivity index (χ3n) is 6.79. The van der Waals surface area contributed by atoms with Gasteiger partial charge in [0.05, 0.1) is 10.3 Å². The number of hydrogen-bond acceptors (Lipinski definition) is 7. The number of rotatable bonds is 3. The summed E-state index contributed by atoms with van der Waals surface area (Å²) in [6.45, 7) is 13.7. The Morgan fingerprint density at radius 2 is 1.70 bits per heavy atom. The molecule has 1 amide bonds. The SMILES string of the molecule is Cc1nc(N2CCN(c3ccccn3)CC2)c2c(C)c(C(=O)N3CC(C)CC(C)C3)sc2n1. The summed E-state index contributed by atoms with van der Waals surface area (Å²) in [6.07, 6.45) is 3.03. The summed E-state index contributed by atoms with van der Waals surface area (Å²) >= 11 is 1.53. The molecule has 0 saturated carbocycles. The number of aryl methyl sites for hydroxylation is 2. The number of piperidine rings is 1. The van der Waals surface area contributed by atoms with E-state index in [1.165, 1.54) is 17.8 Å². The monoisotopic (exact) mass is 464 g/mol. The van der Waals surface area contributed by atoms with Crippen LogP contribution in [0, 0.1) is 25.7 Å². The molecule has 2 unspecified atom stereocenters. The normalized spacial score (nSPS) is 21.6.